The molecule has 0 amide bonds. The molecule has 0 heterocycles. The molecule has 2 rings (SSSR count). The first-order chi connectivity index (χ1) is 8.25. The molecule has 0 atom stereocenters. The Morgan fingerprint density at radius 1 is 1.00 bits per heavy atom. The fourth-order valence-corrected chi connectivity index (χ4v) is 1.71. The van der Waals surface area contributed by atoms with Gasteiger partial charge in [-0.3, -0.25) is 0 Å². The molecule has 0 N–H and O–H groups in total. The van der Waals surface area contributed by atoms with Crippen LogP contribution in [0, 0.1) is 5.82 Å². The number of hydrogen-bond acceptors (Lipinski definition) is 0. The van der Waals surface area contributed by atoms with Gasteiger partial charge in [0.15, 0.2) is 0 Å². The SMILES string of the molecule is C/C(=C\Cc1ccc(F)cc1)c1ccccc1. The largest absolute Gasteiger partial charge is 0.207 e. The zero-order valence-corrected chi connectivity index (χ0v) is 9.86. The summed E-state index contributed by atoms with van der Waals surface area (Å²) in [6.45, 7) is 2.10. The summed E-state index contributed by atoms with van der Waals surface area (Å²) in [6.07, 6.45) is 3.00. The van der Waals surface area contributed by atoms with Crippen LogP contribution in [0.2, 0.25) is 0 Å². The first kappa shape index (κ1) is 11.6. The zero-order valence-electron chi connectivity index (χ0n) is 9.86. The average Bonchev–Trinajstić information content (AvgIpc) is 2.39. The van der Waals surface area contributed by atoms with Crippen molar-refractivity contribution in [1.82, 2.24) is 0 Å². The second-order valence-corrected chi connectivity index (χ2v) is 4.08. The Morgan fingerprint density at radius 2 is 1.65 bits per heavy atom. The second kappa shape index (κ2) is 5.44. The molecule has 1 heteroatoms. The molecule has 86 valence electrons. The zero-order chi connectivity index (χ0) is 12.1. The van der Waals surface area contributed by atoms with Gasteiger partial charge in [-0.1, -0.05) is 48.5 Å². The van der Waals surface area contributed by atoms with Crippen LogP contribution < -0.4 is 0 Å². The van der Waals surface area contributed by atoms with Crippen LogP contribution in [-0.2, 0) is 6.42 Å². The van der Waals surface area contributed by atoms with Crippen LogP contribution in [0.5, 0.6) is 0 Å². The highest BCUT2D eigenvalue weighted by Gasteiger charge is 1.95. The molecular formula is C16H15F. The third-order valence-electron chi connectivity index (χ3n) is 2.79. The van der Waals surface area contributed by atoms with Gasteiger partial charge in [0.25, 0.3) is 0 Å². The fourth-order valence-electron chi connectivity index (χ4n) is 1.71. The van der Waals surface area contributed by atoms with Gasteiger partial charge in [-0.15, -0.1) is 0 Å². The van der Waals surface area contributed by atoms with Crippen LogP contribution in [-0.4, -0.2) is 0 Å². The van der Waals surface area contributed by atoms with Gasteiger partial charge in [-0.05, 0) is 42.2 Å². The van der Waals surface area contributed by atoms with Gasteiger partial charge in [0.2, 0.25) is 0 Å². The Hall–Kier alpha value is -1.89. The van der Waals surface area contributed by atoms with Crippen LogP contribution in [0.4, 0.5) is 4.39 Å². The van der Waals surface area contributed by atoms with Crippen molar-refractivity contribution < 1.29 is 4.39 Å². The maximum atomic E-state index is 12.7. The van der Waals surface area contributed by atoms with E-state index < -0.39 is 0 Å². The topological polar surface area (TPSA) is 0 Å². The van der Waals surface area contributed by atoms with Gasteiger partial charge >= 0.3 is 0 Å². The monoisotopic (exact) mass is 226 g/mol. The Balaban J connectivity index is 2.08. The molecule has 17 heavy (non-hydrogen) atoms. The summed E-state index contributed by atoms with van der Waals surface area (Å²) >= 11 is 0. The predicted octanol–water partition coefficient (Wildman–Crippen LogP) is 4.47. The molecule has 0 unspecified atom stereocenters. The minimum atomic E-state index is -0.183. The minimum absolute atomic E-state index is 0.183. The minimum Gasteiger partial charge on any atom is -0.207 e. The molecule has 2 aromatic rings. The van der Waals surface area contributed by atoms with E-state index in [0.717, 1.165) is 12.0 Å². The molecule has 0 aromatic heterocycles. The first-order valence-electron chi connectivity index (χ1n) is 5.72. The lowest BCUT2D eigenvalue weighted by Crippen LogP contribution is -1.84. The van der Waals surface area contributed by atoms with Gasteiger partial charge in [0.05, 0.1) is 0 Å². The predicted molar refractivity (Wildman–Crippen MR) is 70.2 cm³/mol. The van der Waals surface area contributed by atoms with E-state index in [1.54, 1.807) is 0 Å². The highest BCUT2D eigenvalue weighted by atomic mass is 19.1. The molecule has 0 aliphatic heterocycles. The molecule has 0 saturated heterocycles. The van der Waals surface area contributed by atoms with Gasteiger partial charge in [0, 0.05) is 0 Å². The Morgan fingerprint density at radius 3 is 2.29 bits per heavy atom. The van der Waals surface area contributed by atoms with E-state index in [2.05, 4.69) is 25.1 Å². The first-order valence-corrected chi connectivity index (χ1v) is 5.72. The lowest BCUT2D eigenvalue weighted by atomic mass is 10.0. The van der Waals surface area contributed by atoms with Crippen molar-refractivity contribution in [2.24, 2.45) is 0 Å². The number of allylic oxidation sites excluding steroid dienone is 2. The molecule has 0 fully saturated rings. The summed E-state index contributed by atoms with van der Waals surface area (Å²) in [5.41, 5.74) is 3.60. The summed E-state index contributed by atoms with van der Waals surface area (Å²) in [5, 5.41) is 0. The van der Waals surface area contributed by atoms with Crippen LogP contribution in [0.25, 0.3) is 5.57 Å². The van der Waals surface area contributed by atoms with Crippen LogP contribution in [0.3, 0.4) is 0 Å². The average molecular weight is 226 g/mol. The van der Waals surface area contributed by atoms with Crippen molar-refractivity contribution in [1.29, 1.82) is 0 Å². The Kier molecular flexibility index (Phi) is 3.71. The Bertz CT molecular complexity index is 495. The fraction of sp³-hybridized carbons (Fsp3) is 0.125. The number of benzene rings is 2. The van der Waals surface area contributed by atoms with Crippen molar-refractivity contribution in [2.75, 3.05) is 0 Å². The van der Waals surface area contributed by atoms with Crippen molar-refractivity contribution in [3.05, 3.63) is 77.6 Å². The molecule has 0 bridgehead atoms. The quantitative estimate of drug-likeness (QED) is 0.724. The van der Waals surface area contributed by atoms with E-state index in [0.29, 0.717) is 0 Å². The van der Waals surface area contributed by atoms with E-state index in [9.17, 15) is 4.39 Å². The maximum Gasteiger partial charge on any atom is 0.123 e. The van der Waals surface area contributed by atoms with Crippen molar-refractivity contribution in [3.63, 3.8) is 0 Å². The van der Waals surface area contributed by atoms with Gasteiger partial charge in [-0.2, -0.15) is 0 Å². The molecule has 0 aliphatic rings. The Labute approximate surface area is 101 Å². The third-order valence-corrected chi connectivity index (χ3v) is 2.79. The van der Waals surface area contributed by atoms with Crippen LogP contribution in [0.15, 0.2) is 60.7 Å². The lowest BCUT2D eigenvalue weighted by Gasteiger charge is -2.02. The van der Waals surface area contributed by atoms with E-state index in [1.165, 1.54) is 23.3 Å². The highest BCUT2D eigenvalue weighted by Crippen LogP contribution is 2.14. The van der Waals surface area contributed by atoms with Gasteiger partial charge in [-0.25, -0.2) is 4.39 Å². The summed E-state index contributed by atoms with van der Waals surface area (Å²) in [4.78, 5) is 0. The number of rotatable bonds is 3. The standard InChI is InChI=1S/C16H15F/c1-13(15-5-3-2-4-6-15)7-8-14-9-11-16(17)12-10-14/h2-7,9-12H,8H2,1H3/b13-7+. The number of halogens is 1. The summed E-state index contributed by atoms with van der Waals surface area (Å²) < 4.78 is 12.7. The second-order valence-electron chi connectivity index (χ2n) is 4.08. The smallest absolute Gasteiger partial charge is 0.123 e. The summed E-state index contributed by atoms with van der Waals surface area (Å²) in [7, 11) is 0. The van der Waals surface area contributed by atoms with E-state index in [1.807, 2.05) is 30.3 Å². The molecule has 0 saturated carbocycles. The van der Waals surface area contributed by atoms with Crippen molar-refractivity contribution >= 4 is 5.57 Å². The number of hydrogen-bond donors (Lipinski definition) is 0. The third kappa shape index (κ3) is 3.28. The molecule has 0 aliphatic carbocycles. The summed E-state index contributed by atoms with van der Waals surface area (Å²) in [6, 6.07) is 16.9. The highest BCUT2D eigenvalue weighted by molar-refractivity contribution is 5.63. The molecule has 0 spiro atoms. The van der Waals surface area contributed by atoms with E-state index in [4.69, 9.17) is 0 Å². The molecular weight excluding hydrogens is 211 g/mol. The lowest BCUT2D eigenvalue weighted by molar-refractivity contribution is 0.627. The van der Waals surface area contributed by atoms with Gasteiger partial charge in [0.1, 0.15) is 5.82 Å². The van der Waals surface area contributed by atoms with Crippen LogP contribution in [0.1, 0.15) is 18.1 Å². The van der Waals surface area contributed by atoms with Crippen molar-refractivity contribution in [3.8, 4) is 0 Å². The normalized spacial score (nSPS) is 11.5. The van der Waals surface area contributed by atoms with E-state index in [-0.39, 0.29) is 5.82 Å². The van der Waals surface area contributed by atoms with Gasteiger partial charge < -0.3 is 0 Å². The molecule has 0 radical (unpaired) electrons. The maximum absolute atomic E-state index is 12.7. The van der Waals surface area contributed by atoms with Crippen molar-refractivity contribution in [2.45, 2.75) is 13.3 Å². The van der Waals surface area contributed by atoms with Crippen LogP contribution >= 0.6 is 0 Å². The molecule has 0 nitrogen and oxygen atoms in total. The van der Waals surface area contributed by atoms with E-state index >= 15 is 0 Å². The molecule has 2 aromatic carbocycles. The summed E-state index contributed by atoms with van der Waals surface area (Å²) in [5.74, 6) is -0.183.